The molecule has 0 aliphatic rings. The third-order valence-corrected chi connectivity index (χ3v) is 16.0. The summed E-state index contributed by atoms with van der Waals surface area (Å²) in [6.45, 7) is 0. The first kappa shape index (κ1) is 42.9. The molecule has 0 fully saturated rings. The largest absolute Gasteiger partial charge is 0.308 e. The van der Waals surface area contributed by atoms with Gasteiger partial charge in [0.15, 0.2) is 17.5 Å². The van der Waals surface area contributed by atoms with Crippen molar-refractivity contribution in [3.8, 4) is 78.9 Å². The van der Waals surface area contributed by atoms with Crippen LogP contribution in [-0.4, -0.2) is 24.1 Å². The fourth-order valence-corrected chi connectivity index (χ4v) is 12.7. The lowest BCUT2D eigenvalue weighted by Gasteiger charge is -2.14. The molecule has 0 spiro atoms. The van der Waals surface area contributed by atoms with Crippen LogP contribution in [-0.2, 0) is 0 Å². The van der Waals surface area contributed by atoms with Gasteiger partial charge >= 0.3 is 0 Å². The average molecular weight is 974 g/mol. The van der Waals surface area contributed by atoms with E-state index in [1.54, 1.807) is 0 Å². The summed E-state index contributed by atoms with van der Waals surface area (Å²) in [5, 5.41) is 7.38. The van der Waals surface area contributed by atoms with Crippen LogP contribution >= 0.6 is 11.3 Å². The molecule has 11 aromatic carbocycles. The molecule has 75 heavy (non-hydrogen) atoms. The van der Waals surface area contributed by atoms with Gasteiger partial charge in [-0.2, -0.15) is 0 Å². The van der Waals surface area contributed by atoms with Crippen molar-refractivity contribution in [2.75, 3.05) is 0 Å². The maximum Gasteiger partial charge on any atom is 0.164 e. The topological polar surface area (TPSA) is 48.5 Å². The molecule has 4 aromatic heterocycles. The summed E-state index contributed by atoms with van der Waals surface area (Å²) in [6.07, 6.45) is 0. The van der Waals surface area contributed by atoms with Gasteiger partial charge in [0.25, 0.3) is 0 Å². The molecule has 0 saturated heterocycles. The Morgan fingerprint density at radius 2 is 0.667 bits per heavy atom. The molecule has 0 unspecified atom stereocenters. The molecular formula is C69H43N5S. The molecule has 0 aliphatic heterocycles. The summed E-state index contributed by atoms with van der Waals surface area (Å²) in [6, 6.07) is 93.2. The van der Waals surface area contributed by atoms with Crippen molar-refractivity contribution >= 4 is 75.1 Å². The number of para-hydroxylation sites is 3. The number of hydrogen-bond donors (Lipinski definition) is 0. The lowest BCUT2D eigenvalue weighted by Crippen LogP contribution is -2.01. The van der Waals surface area contributed by atoms with E-state index in [2.05, 4.69) is 258 Å². The molecule has 15 rings (SSSR count). The first-order valence-electron chi connectivity index (χ1n) is 25.3. The van der Waals surface area contributed by atoms with E-state index in [0.29, 0.717) is 17.5 Å². The Morgan fingerprint density at radius 3 is 1.23 bits per heavy atom. The summed E-state index contributed by atoms with van der Waals surface area (Å²) < 4.78 is 7.47. The van der Waals surface area contributed by atoms with Crippen molar-refractivity contribution in [2.45, 2.75) is 0 Å². The van der Waals surface area contributed by atoms with E-state index in [4.69, 9.17) is 15.0 Å². The van der Waals surface area contributed by atoms with Crippen LogP contribution in [0.15, 0.2) is 261 Å². The first-order chi connectivity index (χ1) is 37.2. The zero-order chi connectivity index (χ0) is 49.4. The van der Waals surface area contributed by atoms with Gasteiger partial charge in [-0.15, -0.1) is 11.3 Å². The minimum atomic E-state index is 0.603. The van der Waals surface area contributed by atoms with Crippen LogP contribution in [0.2, 0.25) is 0 Å². The van der Waals surface area contributed by atoms with Gasteiger partial charge in [-0.1, -0.05) is 218 Å². The Kier molecular flexibility index (Phi) is 10.00. The predicted octanol–water partition coefficient (Wildman–Crippen LogP) is 18.4. The maximum atomic E-state index is 5.31. The molecule has 0 N–H and O–H groups in total. The van der Waals surface area contributed by atoms with Crippen LogP contribution < -0.4 is 0 Å². The van der Waals surface area contributed by atoms with E-state index in [9.17, 15) is 0 Å². The van der Waals surface area contributed by atoms with Gasteiger partial charge in [0.2, 0.25) is 0 Å². The van der Waals surface area contributed by atoms with Gasteiger partial charge < -0.3 is 9.13 Å². The molecule has 4 heterocycles. The van der Waals surface area contributed by atoms with E-state index in [1.165, 1.54) is 69.4 Å². The van der Waals surface area contributed by atoms with Crippen molar-refractivity contribution in [1.82, 2.24) is 24.1 Å². The van der Waals surface area contributed by atoms with E-state index in [-0.39, 0.29) is 0 Å². The summed E-state index contributed by atoms with van der Waals surface area (Å²) in [4.78, 5) is 15.9. The zero-order valence-corrected chi connectivity index (χ0v) is 41.3. The molecule has 350 valence electrons. The van der Waals surface area contributed by atoms with Crippen molar-refractivity contribution in [3.05, 3.63) is 261 Å². The normalized spacial score (nSPS) is 11.7. The summed E-state index contributed by atoms with van der Waals surface area (Å²) in [5.41, 5.74) is 16.5. The molecule has 0 amide bonds. The zero-order valence-electron chi connectivity index (χ0n) is 40.5. The molecular weight excluding hydrogens is 931 g/mol. The second-order valence-electron chi connectivity index (χ2n) is 19.1. The van der Waals surface area contributed by atoms with Crippen molar-refractivity contribution in [1.29, 1.82) is 0 Å². The van der Waals surface area contributed by atoms with Gasteiger partial charge in [0.1, 0.15) is 0 Å². The summed E-state index contributed by atoms with van der Waals surface area (Å²) >= 11 is 1.89. The average Bonchev–Trinajstić information content (AvgIpc) is 4.16. The van der Waals surface area contributed by atoms with Crippen LogP contribution in [0.5, 0.6) is 0 Å². The minimum absolute atomic E-state index is 0.603. The third-order valence-electron chi connectivity index (χ3n) is 14.8. The maximum absolute atomic E-state index is 5.31. The highest BCUT2D eigenvalue weighted by Gasteiger charge is 2.23. The smallest absolute Gasteiger partial charge is 0.164 e. The highest BCUT2D eigenvalue weighted by molar-refractivity contribution is 7.27. The molecule has 6 heteroatoms. The van der Waals surface area contributed by atoms with Crippen molar-refractivity contribution < 1.29 is 0 Å². The van der Waals surface area contributed by atoms with E-state index < -0.39 is 0 Å². The SMILES string of the molecule is c1ccc(-c2cccc(-c3nc(-c4cccc(-c5ccccc5)c4)nc(-c4cccc(-n5c6ccccc6c6ccc7c8ccc9c%10ccccc%10n(-c%10ccccc%10-c%10ccccc%10)c9c8sc7c65)c4)n3)c2)cc1. The van der Waals surface area contributed by atoms with Crippen LogP contribution in [0, 0.1) is 0 Å². The van der Waals surface area contributed by atoms with Gasteiger partial charge in [-0.05, 0) is 70.3 Å². The van der Waals surface area contributed by atoms with E-state index in [0.717, 1.165) is 55.8 Å². The number of aromatic nitrogens is 5. The Labute approximate surface area is 436 Å². The Balaban J connectivity index is 0.948. The quantitative estimate of drug-likeness (QED) is 0.152. The Bertz CT molecular complexity index is 4600. The molecule has 0 atom stereocenters. The number of fused-ring (bicyclic) bond motifs is 11. The van der Waals surface area contributed by atoms with Crippen LogP contribution in [0.1, 0.15) is 0 Å². The number of nitrogens with zero attached hydrogens (tertiary/aromatic N) is 5. The van der Waals surface area contributed by atoms with Crippen LogP contribution in [0.25, 0.3) is 143 Å². The number of benzene rings is 11. The van der Waals surface area contributed by atoms with Gasteiger partial charge in [0, 0.05) is 60.3 Å². The Morgan fingerprint density at radius 1 is 0.267 bits per heavy atom. The third kappa shape index (κ3) is 7.10. The van der Waals surface area contributed by atoms with Crippen LogP contribution in [0.3, 0.4) is 0 Å². The lowest BCUT2D eigenvalue weighted by atomic mass is 10.0. The van der Waals surface area contributed by atoms with Gasteiger partial charge in [-0.3, -0.25) is 0 Å². The number of thiophene rings is 1. The second kappa shape index (κ2) is 17.5. The fourth-order valence-electron chi connectivity index (χ4n) is 11.3. The number of rotatable bonds is 8. The molecule has 0 radical (unpaired) electrons. The van der Waals surface area contributed by atoms with Crippen molar-refractivity contribution in [2.24, 2.45) is 0 Å². The second-order valence-corrected chi connectivity index (χ2v) is 20.1. The molecule has 0 aliphatic carbocycles. The van der Waals surface area contributed by atoms with Crippen molar-refractivity contribution in [3.63, 3.8) is 0 Å². The highest BCUT2D eigenvalue weighted by atomic mass is 32.1. The molecule has 0 bridgehead atoms. The highest BCUT2D eigenvalue weighted by Crippen LogP contribution is 2.48. The van der Waals surface area contributed by atoms with Gasteiger partial charge in [0.05, 0.1) is 37.2 Å². The lowest BCUT2D eigenvalue weighted by molar-refractivity contribution is 1.07. The van der Waals surface area contributed by atoms with Crippen LogP contribution in [0.4, 0.5) is 0 Å². The predicted molar refractivity (Wildman–Crippen MR) is 314 cm³/mol. The summed E-state index contributed by atoms with van der Waals surface area (Å²) in [5.74, 6) is 1.83. The molecule has 15 aromatic rings. The van der Waals surface area contributed by atoms with E-state index in [1.807, 2.05) is 23.5 Å². The molecule has 0 saturated carbocycles. The van der Waals surface area contributed by atoms with E-state index >= 15 is 0 Å². The first-order valence-corrected chi connectivity index (χ1v) is 26.2. The summed E-state index contributed by atoms with van der Waals surface area (Å²) in [7, 11) is 0. The Hall–Kier alpha value is -9.75. The standard InChI is InChI=1S/C69H43N5S/c1-4-19-44(20-5-1)47-25-16-27-49(41-47)67-70-68(50-28-17-26-48(42-50)45-21-6-2-7-22-45)72-69(71-67)51-29-18-30-52(43-51)73-61-35-14-11-32-54(61)56-37-39-58-59-40-38-57-55-33-12-15-36-62(55)74(64(57)66(59)75-65(58)63(56)73)60-34-13-10-31-53(60)46-23-8-3-9-24-46/h1-43H. The fraction of sp³-hybridized carbons (Fsp3) is 0. The van der Waals surface area contributed by atoms with Gasteiger partial charge in [-0.25, -0.2) is 15.0 Å². The minimum Gasteiger partial charge on any atom is -0.308 e. The number of hydrogen-bond acceptors (Lipinski definition) is 4. The molecule has 5 nitrogen and oxygen atoms in total. The monoisotopic (exact) mass is 973 g/mol.